The van der Waals surface area contributed by atoms with Crippen LogP contribution in [0.2, 0.25) is 0 Å². The highest BCUT2D eigenvalue weighted by atomic mass is 19.1. The zero-order valence-electron chi connectivity index (χ0n) is 20.5. The van der Waals surface area contributed by atoms with E-state index in [-0.39, 0.29) is 35.9 Å². The van der Waals surface area contributed by atoms with Gasteiger partial charge in [-0.2, -0.15) is 0 Å². The van der Waals surface area contributed by atoms with Crippen LogP contribution in [-0.2, 0) is 11.2 Å². The lowest BCUT2D eigenvalue weighted by molar-refractivity contribution is -0.138. The molecule has 0 aliphatic carbocycles. The molecule has 1 unspecified atom stereocenters. The number of fused-ring (bicyclic) bond motifs is 1. The zero-order valence-corrected chi connectivity index (χ0v) is 20.5. The molecule has 8 heteroatoms. The summed E-state index contributed by atoms with van der Waals surface area (Å²) in [6.45, 7) is 3.68. The van der Waals surface area contributed by atoms with Crippen molar-refractivity contribution >= 4 is 22.9 Å². The van der Waals surface area contributed by atoms with E-state index in [4.69, 9.17) is 15.1 Å². The van der Waals surface area contributed by atoms with Crippen LogP contribution in [0.25, 0.3) is 22.3 Å². The molecule has 0 spiro atoms. The van der Waals surface area contributed by atoms with E-state index in [1.165, 1.54) is 24.3 Å². The number of aliphatic carboxylic acids is 1. The van der Waals surface area contributed by atoms with Crippen molar-refractivity contribution < 1.29 is 23.5 Å². The molecule has 0 bridgehead atoms. The Bertz CT molecular complexity index is 1420. The van der Waals surface area contributed by atoms with Gasteiger partial charge in [0, 0.05) is 17.5 Å². The third-order valence-electron chi connectivity index (χ3n) is 6.23. The van der Waals surface area contributed by atoms with E-state index in [1.807, 2.05) is 13.8 Å². The Morgan fingerprint density at radius 3 is 2.19 bits per heavy atom. The Hall–Kier alpha value is -4.20. The number of carbonyl (C=O) groups is 2. The third kappa shape index (κ3) is 6.52. The molecule has 1 amide bonds. The van der Waals surface area contributed by atoms with E-state index in [9.17, 15) is 18.4 Å². The second-order valence-electron chi connectivity index (χ2n) is 9.22. The normalized spacial score (nSPS) is 12.8. The molecule has 0 radical (unpaired) electrons. The Labute approximate surface area is 213 Å². The molecule has 190 valence electrons. The number of hydrogen-bond acceptors (Lipinski definition) is 4. The van der Waals surface area contributed by atoms with Gasteiger partial charge in [-0.05, 0) is 85.8 Å². The molecule has 0 fully saturated rings. The van der Waals surface area contributed by atoms with Crippen molar-refractivity contribution in [1.29, 1.82) is 0 Å². The highest BCUT2D eigenvalue weighted by Gasteiger charge is 2.17. The summed E-state index contributed by atoms with van der Waals surface area (Å²) >= 11 is 0. The van der Waals surface area contributed by atoms with Crippen LogP contribution in [0, 0.1) is 17.6 Å². The minimum absolute atomic E-state index is 0.0451. The molecule has 3 aromatic carbocycles. The van der Waals surface area contributed by atoms with Gasteiger partial charge in [0.2, 0.25) is 0 Å². The maximum atomic E-state index is 13.5. The predicted octanol–water partition coefficient (Wildman–Crippen LogP) is 6.11. The minimum atomic E-state index is -0.860. The Morgan fingerprint density at radius 2 is 1.54 bits per heavy atom. The fourth-order valence-electron chi connectivity index (χ4n) is 4.14. The van der Waals surface area contributed by atoms with Gasteiger partial charge in [-0.1, -0.05) is 19.1 Å². The molecule has 4 rings (SSSR count). The number of hydrogen-bond donors (Lipinski definition) is 2. The first kappa shape index (κ1) is 25.9. The molecule has 1 heterocycles. The second-order valence-corrected chi connectivity index (χ2v) is 9.22. The van der Waals surface area contributed by atoms with Crippen LogP contribution in [0.15, 0.2) is 66.7 Å². The van der Waals surface area contributed by atoms with Crippen molar-refractivity contribution in [2.75, 3.05) is 0 Å². The number of carboxylic acids is 1. The van der Waals surface area contributed by atoms with E-state index in [0.717, 1.165) is 5.56 Å². The maximum absolute atomic E-state index is 13.5. The van der Waals surface area contributed by atoms with Gasteiger partial charge in [-0.3, -0.25) is 9.59 Å². The number of aromatic nitrogens is 2. The van der Waals surface area contributed by atoms with Crippen molar-refractivity contribution in [2.45, 2.75) is 39.2 Å². The molecule has 0 aliphatic rings. The summed E-state index contributed by atoms with van der Waals surface area (Å²) < 4.78 is 26.7. The molecule has 6 nitrogen and oxygen atoms in total. The van der Waals surface area contributed by atoms with E-state index in [0.29, 0.717) is 46.4 Å². The van der Waals surface area contributed by atoms with Gasteiger partial charge in [0.15, 0.2) is 0 Å². The average Bonchev–Trinajstić information content (AvgIpc) is 2.87. The predicted molar refractivity (Wildman–Crippen MR) is 137 cm³/mol. The number of halogens is 2. The Balaban J connectivity index is 1.64. The third-order valence-corrected chi connectivity index (χ3v) is 6.23. The average molecular weight is 504 g/mol. The lowest BCUT2D eigenvalue weighted by Gasteiger charge is -2.15. The van der Waals surface area contributed by atoms with Crippen LogP contribution >= 0.6 is 0 Å². The first-order chi connectivity index (χ1) is 17.7. The van der Waals surface area contributed by atoms with Gasteiger partial charge >= 0.3 is 5.97 Å². The largest absolute Gasteiger partial charge is 0.481 e. The number of amides is 1. The lowest BCUT2D eigenvalue weighted by atomic mass is 9.98. The van der Waals surface area contributed by atoms with Gasteiger partial charge in [0.05, 0.1) is 28.5 Å². The SMILES string of the molecule is CC(CCc1nc2cc(C(=O)N[C@@H](C)c3ccc(F)cc3)ccc2nc1-c1ccc(F)cc1)CC(=O)O. The molecule has 2 atom stereocenters. The van der Waals surface area contributed by atoms with Gasteiger partial charge in [-0.15, -0.1) is 0 Å². The first-order valence-corrected chi connectivity index (χ1v) is 12.0. The molecule has 0 aliphatic heterocycles. The fraction of sp³-hybridized carbons (Fsp3) is 0.241. The highest BCUT2D eigenvalue weighted by Crippen LogP contribution is 2.27. The summed E-state index contributed by atoms with van der Waals surface area (Å²) in [4.78, 5) is 33.6. The summed E-state index contributed by atoms with van der Waals surface area (Å²) in [6.07, 6.45) is 1.10. The topological polar surface area (TPSA) is 92.2 Å². The van der Waals surface area contributed by atoms with Crippen LogP contribution < -0.4 is 5.32 Å². The van der Waals surface area contributed by atoms with Crippen molar-refractivity contribution in [3.05, 3.63) is 95.2 Å². The summed E-state index contributed by atoms with van der Waals surface area (Å²) in [5.41, 5.74) is 4.21. The first-order valence-electron chi connectivity index (χ1n) is 12.0. The fourth-order valence-corrected chi connectivity index (χ4v) is 4.14. The highest BCUT2D eigenvalue weighted by molar-refractivity contribution is 5.97. The van der Waals surface area contributed by atoms with Gasteiger partial charge in [-0.25, -0.2) is 18.7 Å². The van der Waals surface area contributed by atoms with E-state index in [2.05, 4.69) is 5.32 Å². The quantitative estimate of drug-likeness (QED) is 0.288. The number of aryl methyl sites for hydroxylation is 1. The molecule has 4 aromatic rings. The molecule has 0 saturated heterocycles. The number of carbonyl (C=O) groups excluding carboxylic acids is 1. The van der Waals surface area contributed by atoms with Crippen LogP contribution in [0.3, 0.4) is 0 Å². The van der Waals surface area contributed by atoms with Crippen LogP contribution in [0.4, 0.5) is 8.78 Å². The van der Waals surface area contributed by atoms with E-state index in [1.54, 1.807) is 42.5 Å². The summed E-state index contributed by atoms with van der Waals surface area (Å²) in [5.74, 6) is -1.94. The molecule has 2 N–H and O–H groups in total. The lowest BCUT2D eigenvalue weighted by Crippen LogP contribution is -2.26. The van der Waals surface area contributed by atoms with Gasteiger partial charge < -0.3 is 10.4 Å². The zero-order chi connectivity index (χ0) is 26.5. The van der Waals surface area contributed by atoms with Crippen LogP contribution in [-0.4, -0.2) is 27.0 Å². The Kier molecular flexibility index (Phi) is 7.86. The minimum Gasteiger partial charge on any atom is -0.481 e. The van der Waals surface area contributed by atoms with Crippen molar-refractivity contribution in [3.63, 3.8) is 0 Å². The van der Waals surface area contributed by atoms with Crippen molar-refractivity contribution in [2.24, 2.45) is 5.92 Å². The molecular weight excluding hydrogens is 476 g/mol. The van der Waals surface area contributed by atoms with Gasteiger partial charge in [0.1, 0.15) is 11.6 Å². The standard InChI is InChI=1S/C29H27F2N3O3/c1-17(15-27(35)36)3-13-25-28(20-6-11-23(31)12-7-20)34-24-14-8-21(16-26(24)33-25)29(37)32-18(2)19-4-9-22(30)10-5-19/h4-12,14,16-18H,3,13,15H2,1-2H3,(H,32,37)(H,35,36)/t17?,18-/m0/s1. The molecular formula is C29H27F2N3O3. The summed E-state index contributed by atoms with van der Waals surface area (Å²) in [7, 11) is 0. The monoisotopic (exact) mass is 503 g/mol. The number of benzene rings is 3. The number of carboxylic acid groups (broad SMARTS) is 1. The van der Waals surface area contributed by atoms with Crippen LogP contribution in [0.1, 0.15) is 54.3 Å². The van der Waals surface area contributed by atoms with E-state index < -0.39 is 5.97 Å². The summed E-state index contributed by atoms with van der Waals surface area (Å²) in [5, 5.41) is 12.0. The maximum Gasteiger partial charge on any atom is 0.303 e. The molecule has 0 saturated carbocycles. The van der Waals surface area contributed by atoms with Crippen LogP contribution in [0.5, 0.6) is 0 Å². The number of rotatable bonds is 9. The van der Waals surface area contributed by atoms with E-state index >= 15 is 0 Å². The van der Waals surface area contributed by atoms with Crippen molar-refractivity contribution in [1.82, 2.24) is 15.3 Å². The summed E-state index contributed by atoms with van der Waals surface area (Å²) in [6, 6.07) is 16.6. The number of nitrogens with zero attached hydrogens (tertiary/aromatic N) is 2. The molecule has 1 aromatic heterocycles. The Morgan fingerprint density at radius 1 is 0.892 bits per heavy atom. The number of nitrogens with one attached hydrogen (secondary N) is 1. The second kappa shape index (κ2) is 11.2. The van der Waals surface area contributed by atoms with Crippen molar-refractivity contribution in [3.8, 4) is 11.3 Å². The smallest absolute Gasteiger partial charge is 0.303 e. The molecule has 37 heavy (non-hydrogen) atoms. The van der Waals surface area contributed by atoms with Gasteiger partial charge in [0.25, 0.3) is 5.91 Å².